The second-order valence-corrected chi connectivity index (χ2v) is 9.02. The lowest BCUT2D eigenvalue weighted by Crippen LogP contribution is -2.33. The largest absolute Gasteiger partial charge is 0.355 e. The first-order valence-electron chi connectivity index (χ1n) is 8.47. The molecule has 3 rings (SSSR count). The first-order valence-corrected chi connectivity index (χ1v) is 10.3. The number of para-hydroxylation sites is 1. The molecule has 1 N–H and O–H groups in total. The zero-order valence-corrected chi connectivity index (χ0v) is 15.6. The van der Waals surface area contributed by atoms with E-state index >= 15 is 0 Å². The number of aromatic nitrogens is 2. The normalized spacial score (nSPS) is 19.1. The maximum absolute atomic E-state index is 11.7. The molecule has 0 amide bonds. The molecule has 1 atom stereocenters. The van der Waals surface area contributed by atoms with Crippen LogP contribution >= 0.6 is 0 Å². The summed E-state index contributed by atoms with van der Waals surface area (Å²) in [5.74, 6) is 2.26. The third-order valence-electron chi connectivity index (χ3n) is 4.62. The van der Waals surface area contributed by atoms with Gasteiger partial charge in [0.15, 0.2) is 9.84 Å². The highest BCUT2D eigenvalue weighted by atomic mass is 32.2. The van der Waals surface area contributed by atoms with Crippen LogP contribution in [0.3, 0.4) is 0 Å². The molecule has 1 saturated heterocycles. The summed E-state index contributed by atoms with van der Waals surface area (Å²) in [6, 6.07) is 9.99. The van der Waals surface area contributed by atoms with Crippen LogP contribution in [0.2, 0.25) is 0 Å². The quantitative estimate of drug-likeness (QED) is 0.883. The first-order chi connectivity index (χ1) is 11.9. The van der Waals surface area contributed by atoms with Crippen LogP contribution in [0.25, 0.3) is 0 Å². The van der Waals surface area contributed by atoms with Gasteiger partial charge in [0.2, 0.25) is 0 Å². The Bertz CT molecular complexity index is 852. The van der Waals surface area contributed by atoms with E-state index in [1.807, 2.05) is 36.2 Å². The number of anilines is 3. The van der Waals surface area contributed by atoms with Crippen molar-refractivity contribution in [3.05, 3.63) is 42.2 Å². The summed E-state index contributed by atoms with van der Waals surface area (Å²) in [6.45, 7) is 4.31. The molecule has 1 aliphatic heterocycles. The highest BCUT2D eigenvalue weighted by molar-refractivity contribution is 7.91. The van der Waals surface area contributed by atoms with E-state index in [1.165, 1.54) is 11.9 Å². The highest BCUT2D eigenvalue weighted by Gasteiger charge is 2.31. The molecule has 1 aromatic carbocycles. The van der Waals surface area contributed by atoms with Crippen molar-refractivity contribution >= 4 is 27.2 Å². The summed E-state index contributed by atoms with van der Waals surface area (Å²) in [4.78, 5) is 10.6. The molecule has 0 aliphatic carbocycles. The van der Waals surface area contributed by atoms with E-state index in [-0.39, 0.29) is 17.5 Å². The van der Waals surface area contributed by atoms with Gasteiger partial charge in [0.25, 0.3) is 0 Å². The standard InChI is InChI=1S/C18H24N4O2S/c1-13(2)15-6-4-5-7-16(15)21-17-10-18(20-12-19-17)22(3)14-8-9-25(23,24)11-14/h4-7,10,12-14H,8-9,11H2,1-3H3,(H,19,20,21). The van der Waals surface area contributed by atoms with Gasteiger partial charge in [-0.25, -0.2) is 18.4 Å². The molecule has 0 bridgehead atoms. The van der Waals surface area contributed by atoms with Gasteiger partial charge in [0.05, 0.1) is 11.5 Å². The number of hydrogen-bond acceptors (Lipinski definition) is 6. The van der Waals surface area contributed by atoms with E-state index in [1.54, 1.807) is 0 Å². The Morgan fingerprint density at radius 2 is 2.00 bits per heavy atom. The van der Waals surface area contributed by atoms with Crippen molar-refractivity contribution in [3.8, 4) is 0 Å². The molecule has 134 valence electrons. The van der Waals surface area contributed by atoms with Gasteiger partial charge in [-0.15, -0.1) is 0 Å². The number of nitrogens with one attached hydrogen (secondary N) is 1. The van der Waals surface area contributed by atoms with Crippen molar-refractivity contribution in [1.29, 1.82) is 0 Å². The van der Waals surface area contributed by atoms with E-state index < -0.39 is 9.84 Å². The van der Waals surface area contributed by atoms with Gasteiger partial charge < -0.3 is 10.2 Å². The van der Waals surface area contributed by atoms with Gasteiger partial charge >= 0.3 is 0 Å². The maximum atomic E-state index is 11.7. The molecule has 0 spiro atoms. The van der Waals surface area contributed by atoms with Gasteiger partial charge in [-0.05, 0) is 24.0 Å². The Kier molecular flexibility index (Phi) is 4.94. The van der Waals surface area contributed by atoms with Gasteiger partial charge in [-0.2, -0.15) is 0 Å². The Hall–Kier alpha value is -2.15. The van der Waals surface area contributed by atoms with E-state index in [2.05, 4.69) is 35.2 Å². The van der Waals surface area contributed by atoms with Crippen LogP contribution < -0.4 is 10.2 Å². The minimum atomic E-state index is -2.92. The SMILES string of the molecule is CC(C)c1ccccc1Nc1cc(N(C)C2CCS(=O)(=O)C2)ncn1. The van der Waals surface area contributed by atoms with Crippen LogP contribution in [0.5, 0.6) is 0 Å². The van der Waals surface area contributed by atoms with Crippen molar-refractivity contribution in [3.63, 3.8) is 0 Å². The third-order valence-corrected chi connectivity index (χ3v) is 6.37. The predicted molar refractivity (Wildman–Crippen MR) is 101 cm³/mol. The summed E-state index contributed by atoms with van der Waals surface area (Å²) >= 11 is 0. The molecule has 1 aromatic heterocycles. The number of benzene rings is 1. The maximum Gasteiger partial charge on any atom is 0.152 e. The molecular weight excluding hydrogens is 336 g/mol. The average molecular weight is 360 g/mol. The van der Waals surface area contributed by atoms with Crippen molar-refractivity contribution < 1.29 is 8.42 Å². The molecule has 1 unspecified atom stereocenters. The molecule has 2 heterocycles. The number of rotatable bonds is 5. The topological polar surface area (TPSA) is 75.2 Å². The zero-order chi connectivity index (χ0) is 18.0. The molecule has 0 saturated carbocycles. The number of hydrogen-bond donors (Lipinski definition) is 1. The summed E-state index contributed by atoms with van der Waals surface area (Å²) in [5.41, 5.74) is 2.24. The highest BCUT2D eigenvalue weighted by Crippen LogP contribution is 2.28. The van der Waals surface area contributed by atoms with Crippen molar-refractivity contribution in [2.45, 2.75) is 32.2 Å². The second kappa shape index (κ2) is 7.00. The van der Waals surface area contributed by atoms with Crippen LogP contribution in [0.15, 0.2) is 36.7 Å². The van der Waals surface area contributed by atoms with Crippen LogP contribution in [-0.2, 0) is 9.84 Å². The Morgan fingerprint density at radius 3 is 2.68 bits per heavy atom. The smallest absolute Gasteiger partial charge is 0.152 e. The molecule has 1 aliphatic rings. The lowest BCUT2D eigenvalue weighted by molar-refractivity contribution is 0.600. The van der Waals surface area contributed by atoms with Gasteiger partial charge in [0.1, 0.15) is 18.0 Å². The molecule has 7 heteroatoms. The van der Waals surface area contributed by atoms with Crippen molar-refractivity contribution in [2.24, 2.45) is 0 Å². The van der Waals surface area contributed by atoms with E-state index in [9.17, 15) is 8.42 Å². The third kappa shape index (κ3) is 4.10. The van der Waals surface area contributed by atoms with Crippen LogP contribution in [0, 0.1) is 0 Å². The van der Waals surface area contributed by atoms with Crippen molar-refractivity contribution in [1.82, 2.24) is 9.97 Å². The van der Waals surface area contributed by atoms with E-state index in [0.29, 0.717) is 18.2 Å². The summed E-state index contributed by atoms with van der Waals surface area (Å²) in [5, 5.41) is 3.36. The summed E-state index contributed by atoms with van der Waals surface area (Å²) in [7, 11) is -1.03. The Labute approximate surface area is 149 Å². The molecular formula is C18H24N4O2S. The fourth-order valence-electron chi connectivity index (χ4n) is 3.13. The number of sulfone groups is 1. The monoisotopic (exact) mass is 360 g/mol. The predicted octanol–water partition coefficient (Wildman–Crippen LogP) is 2.97. The van der Waals surface area contributed by atoms with Crippen LogP contribution in [0.4, 0.5) is 17.3 Å². The molecule has 25 heavy (non-hydrogen) atoms. The Balaban J connectivity index is 1.81. The lowest BCUT2D eigenvalue weighted by atomic mass is 10.0. The van der Waals surface area contributed by atoms with Gasteiger partial charge in [-0.3, -0.25) is 0 Å². The summed E-state index contributed by atoms with van der Waals surface area (Å²) in [6.07, 6.45) is 2.15. The minimum Gasteiger partial charge on any atom is -0.355 e. The molecule has 0 radical (unpaired) electrons. The fourth-order valence-corrected chi connectivity index (χ4v) is 4.90. The van der Waals surface area contributed by atoms with E-state index in [4.69, 9.17) is 0 Å². The lowest BCUT2D eigenvalue weighted by Gasteiger charge is -2.24. The zero-order valence-electron chi connectivity index (χ0n) is 14.8. The van der Waals surface area contributed by atoms with E-state index in [0.717, 1.165) is 11.5 Å². The first kappa shape index (κ1) is 17.7. The molecule has 1 fully saturated rings. The second-order valence-electron chi connectivity index (χ2n) is 6.80. The van der Waals surface area contributed by atoms with Crippen molar-refractivity contribution in [2.75, 3.05) is 28.8 Å². The summed E-state index contributed by atoms with van der Waals surface area (Å²) < 4.78 is 23.4. The van der Waals surface area contributed by atoms with Gasteiger partial charge in [-0.1, -0.05) is 32.0 Å². The van der Waals surface area contributed by atoms with Gasteiger partial charge in [0, 0.05) is 24.8 Å². The minimum absolute atomic E-state index is 0.0318. The number of nitrogens with zero attached hydrogens (tertiary/aromatic N) is 3. The average Bonchev–Trinajstić information content (AvgIpc) is 2.95. The molecule has 6 nitrogen and oxygen atoms in total. The Morgan fingerprint density at radius 1 is 1.24 bits per heavy atom. The fraction of sp³-hybridized carbons (Fsp3) is 0.444. The van der Waals surface area contributed by atoms with Crippen LogP contribution in [-0.4, -0.2) is 43.0 Å². The van der Waals surface area contributed by atoms with Crippen LogP contribution in [0.1, 0.15) is 31.7 Å². The molecule has 2 aromatic rings.